The van der Waals surface area contributed by atoms with Crippen molar-refractivity contribution in [1.82, 2.24) is 20.2 Å². The van der Waals surface area contributed by atoms with Crippen molar-refractivity contribution in [3.8, 4) is 0 Å². The quantitative estimate of drug-likeness (QED) is 0.708. The first-order valence-corrected chi connectivity index (χ1v) is 11.4. The molecule has 0 spiro atoms. The number of carbonyl (C=O) groups excluding carboxylic acids is 3. The van der Waals surface area contributed by atoms with Gasteiger partial charge in [0.25, 0.3) is 5.91 Å². The molecule has 0 saturated carbocycles. The number of hydrogen-bond acceptors (Lipinski definition) is 5. The lowest BCUT2D eigenvalue weighted by Gasteiger charge is -2.43. The summed E-state index contributed by atoms with van der Waals surface area (Å²) in [7, 11) is 0. The highest BCUT2D eigenvalue weighted by Crippen LogP contribution is 2.30. The average Bonchev–Trinajstić information content (AvgIpc) is 3.13. The number of carbonyl (C=O) groups is 3. The van der Waals surface area contributed by atoms with Crippen LogP contribution in [0.25, 0.3) is 0 Å². The summed E-state index contributed by atoms with van der Waals surface area (Å²) in [6.45, 7) is 8.48. The van der Waals surface area contributed by atoms with E-state index in [1.165, 1.54) is 4.90 Å². The summed E-state index contributed by atoms with van der Waals surface area (Å²) in [5.41, 5.74) is 6.96. The van der Waals surface area contributed by atoms with E-state index in [2.05, 4.69) is 10.7 Å². The molecule has 2 N–H and O–H groups in total. The predicted octanol–water partition coefficient (Wildman–Crippen LogP) is 2.67. The third-order valence-corrected chi connectivity index (χ3v) is 6.39. The monoisotopic (exact) mass is 449 g/mol. The van der Waals surface area contributed by atoms with Gasteiger partial charge in [-0.2, -0.15) is 0 Å². The van der Waals surface area contributed by atoms with Crippen molar-refractivity contribution in [1.29, 1.82) is 0 Å². The second kappa shape index (κ2) is 9.33. The first-order valence-electron chi connectivity index (χ1n) is 11.4. The van der Waals surface area contributed by atoms with Gasteiger partial charge in [0, 0.05) is 18.3 Å². The Morgan fingerprint density at radius 1 is 1.09 bits per heavy atom. The maximum absolute atomic E-state index is 13.5. The number of likely N-dealkylation sites (N-methyl/N-ethyl adjacent to an activating group) is 1. The van der Waals surface area contributed by atoms with Crippen LogP contribution in [0.3, 0.4) is 0 Å². The van der Waals surface area contributed by atoms with Gasteiger partial charge in [-0.05, 0) is 38.0 Å². The Morgan fingerprint density at radius 2 is 1.82 bits per heavy atom. The van der Waals surface area contributed by atoms with Crippen LogP contribution in [0.5, 0.6) is 0 Å². The van der Waals surface area contributed by atoms with Crippen LogP contribution in [0.1, 0.15) is 30.5 Å². The van der Waals surface area contributed by atoms with Crippen LogP contribution in [0.15, 0.2) is 48.5 Å². The summed E-state index contributed by atoms with van der Waals surface area (Å²) in [5, 5.41) is 4.80. The summed E-state index contributed by atoms with van der Waals surface area (Å²) >= 11 is 0. The highest BCUT2D eigenvalue weighted by atomic mass is 16.2. The molecule has 8 nitrogen and oxygen atoms in total. The van der Waals surface area contributed by atoms with Gasteiger partial charge in [0.1, 0.15) is 12.6 Å². The summed E-state index contributed by atoms with van der Waals surface area (Å²) in [4.78, 5) is 42.8. The topological polar surface area (TPSA) is 85.0 Å². The molecular weight excluding hydrogens is 418 g/mol. The van der Waals surface area contributed by atoms with Crippen molar-refractivity contribution < 1.29 is 14.4 Å². The van der Waals surface area contributed by atoms with Gasteiger partial charge < -0.3 is 10.2 Å². The van der Waals surface area contributed by atoms with Crippen molar-refractivity contribution in [2.75, 3.05) is 18.4 Å². The summed E-state index contributed by atoms with van der Waals surface area (Å²) in [6.07, 6.45) is 0. The molecule has 2 aromatic carbocycles. The molecule has 8 heteroatoms. The van der Waals surface area contributed by atoms with Gasteiger partial charge in [-0.15, -0.1) is 0 Å². The number of nitrogens with zero attached hydrogens (tertiary/aromatic N) is 3. The molecule has 4 rings (SSSR count). The Balaban J connectivity index is 1.60. The van der Waals surface area contributed by atoms with E-state index in [-0.39, 0.29) is 30.9 Å². The fourth-order valence-electron chi connectivity index (χ4n) is 4.80. The van der Waals surface area contributed by atoms with E-state index in [0.717, 1.165) is 22.4 Å². The third-order valence-electron chi connectivity index (χ3n) is 6.39. The lowest BCUT2D eigenvalue weighted by Crippen LogP contribution is -2.67. The second-order valence-corrected chi connectivity index (χ2v) is 8.83. The molecule has 2 saturated heterocycles. The van der Waals surface area contributed by atoms with Gasteiger partial charge in [0.2, 0.25) is 5.91 Å². The molecule has 4 amide bonds. The number of anilines is 1. The van der Waals surface area contributed by atoms with Gasteiger partial charge >= 0.3 is 6.03 Å². The summed E-state index contributed by atoms with van der Waals surface area (Å²) in [5.74, 6) is -0.524. The molecule has 3 atom stereocenters. The number of urea groups is 1. The largest absolute Gasteiger partial charge is 0.327 e. The van der Waals surface area contributed by atoms with E-state index < -0.39 is 18.1 Å². The maximum atomic E-state index is 13.5. The van der Waals surface area contributed by atoms with E-state index in [1.807, 2.05) is 81.2 Å². The van der Waals surface area contributed by atoms with E-state index >= 15 is 0 Å². The van der Waals surface area contributed by atoms with Crippen molar-refractivity contribution >= 4 is 23.5 Å². The minimum Gasteiger partial charge on any atom is -0.324 e. The molecule has 2 fully saturated rings. The van der Waals surface area contributed by atoms with Gasteiger partial charge in [0.15, 0.2) is 0 Å². The zero-order chi connectivity index (χ0) is 23.7. The number of amides is 4. The first-order chi connectivity index (χ1) is 15.8. The number of fused-ring (bicyclic) bond motifs is 1. The molecule has 33 heavy (non-hydrogen) atoms. The molecular formula is C25H31N5O3. The molecule has 0 aliphatic carbocycles. The molecule has 0 radical (unpaired) electrons. The van der Waals surface area contributed by atoms with E-state index in [4.69, 9.17) is 0 Å². The number of nitrogens with one attached hydrogen (secondary N) is 2. The molecule has 2 heterocycles. The Bertz CT molecular complexity index is 1060. The standard InChI is InChI=1S/C25H31N5O3/c1-5-30-23-22(18(4)27-30)28(15-21(31)26-20-12-11-16(2)13-17(20)3)25(33)29(24(23)32)14-19-9-7-6-8-10-19/h6-13,18,22-23,27H,5,14-15H2,1-4H3,(H,26,31). The van der Waals surface area contributed by atoms with Crippen LogP contribution in [0.4, 0.5) is 10.5 Å². The van der Waals surface area contributed by atoms with Crippen molar-refractivity contribution in [3.05, 3.63) is 65.2 Å². The van der Waals surface area contributed by atoms with Crippen molar-refractivity contribution in [2.24, 2.45) is 0 Å². The summed E-state index contributed by atoms with van der Waals surface area (Å²) in [6, 6.07) is 13.7. The smallest absolute Gasteiger partial charge is 0.324 e. The number of hydrazine groups is 1. The molecule has 2 aliphatic heterocycles. The number of benzene rings is 2. The maximum Gasteiger partial charge on any atom is 0.327 e. The highest BCUT2D eigenvalue weighted by Gasteiger charge is 2.54. The fraction of sp³-hybridized carbons (Fsp3) is 0.400. The number of hydrogen-bond donors (Lipinski definition) is 2. The molecule has 2 aromatic rings. The third kappa shape index (κ3) is 4.49. The van der Waals surface area contributed by atoms with E-state index in [9.17, 15) is 14.4 Å². The average molecular weight is 450 g/mol. The Morgan fingerprint density at radius 3 is 2.48 bits per heavy atom. The van der Waals surface area contributed by atoms with E-state index in [0.29, 0.717) is 6.54 Å². The van der Waals surface area contributed by atoms with Crippen LogP contribution in [-0.4, -0.2) is 63.9 Å². The second-order valence-electron chi connectivity index (χ2n) is 8.83. The lowest BCUT2D eigenvalue weighted by molar-refractivity contribution is -0.140. The predicted molar refractivity (Wildman–Crippen MR) is 126 cm³/mol. The normalized spacial score (nSPS) is 23.1. The minimum atomic E-state index is -0.541. The molecule has 3 unspecified atom stereocenters. The van der Waals surface area contributed by atoms with Crippen molar-refractivity contribution in [2.45, 2.75) is 52.4 Å². The minimum absolute atomic E-state index is 0.130. The number of rotatable bonds is 6. The molecule has 174 valence electrons. The lowest BCUT2D eigenvalue weighted by atomic mass is 9.97. The number of aryl methyl sites for hydroxylation is 2. The Labute approximate surface area is 194 Å². The molecule has 0 aromatic heterocycles. The van der Waals surface area contributed by atoms with Gasteiger partial charge in [0.05, 0.1) is 12.6 Å². The van der Waals surface area contributed by atoms with E-state index in [1.54, 1.807) is 4.90 Å². The summed E-state index contributed by atoms with van der Waals surface area (Å²) < 4.78 is 0. The van der Waals surface area contributed by atoms with Crippen molar-refractivity contribution in [3.63, 3.8) is 0 Å². The molecule has 2 aliphatic rings. The highest BCUT2D eigenvalue weighted by molar-refractivity contribution is 6.03. The Kier molecular flexibility index (Phi) is 6.49. The van der Waals surface area contributed by atoms with Gasteiger partial charge in [-0.1, -0.05) is 55.0 Å². The zero-order valence-electron chi connectivity index (χ0n) is 19.5. The van der Waals surface area contributed by atoms with Gasteiger partial charge in [-0.25, -0.2) is 15.2 Å². The van der Waals surface area contributed by atoms with Crippen LogP contribution in [-0.2, 0) is 16.1 Å². The van der Waals surface area contributed by atoms with Crippen LogP contribution >= 0.6 is 0 Å². The Hall–Kier alpha value is -3.23. The fourth-order valence-corrected chi connectivity index (χ4v) is 4.80. The number of imide groups is 1. The first kappa shape index (κ1) is 22.9. The van der Waals surface area contributed by atoms with Crippen LogP contribution in [0.2, 0.25) is 0 Å². The molecule has 0 bridgehead atoms. The van der Waals surface area contributed by atoms with Crippen LogP contribution in [0, 0.1) is 13.8 Å². The zero-order valence-corrected chi connectivity index (χ0v) is 19.5. The van der Waals surface area contributed by atoms with Crippen LogP contribution < -0.4 is 10.7 Å². The van der Waals surface area contributed by atoms with Gasteiger partial charge in [-0.3, -0.25) is 14.5 Å². The SMILES string of the molecule is CCN1NC(C)C2C1C(=O)N(Cc1ccccc1)C(=O)N2CC(=O)Nc1ccc(C)cc1C.